The fourth-order valence-corrected chi connectivity index (χ4v) is 4.56. The Morgan fingerprint density at radius 2 is 1.62 bits per heavy atom. The molecule has 0 radical (unpaired) electrons. The first-order valence-corrected chi connectivity index (χ1v) is 9.66. The van der Waals surface area contributed by atoms with Crippen LogP contribution in [0, 0.1) is 0 Å². The largest absolute Gasteiger partial charge is 0.311 e. The lowest BCUT2D eigenvalue weighted by Gasteiger charge is -2.35. The minimum atomic E-state index is 0.770. The first-order chi connectivity index (χ1) is 10.4. The summed E-state index contributed by atoms with van der Waals surface area (Å²) in [5.41, 5.74) is 1.47. The van der Waals surface area contributed by atoms with Gasteiger partial charge >= 0.3 is 0 Å². The van der Waals surface area contributed by atoms with Crippen LogP contribution in [0.5, 0.6) is 0 Å². The molecule has 2 fully saturated rings. The maximum Gasteiger partial charge on any atom is 0.00940 e. The molecule has 0 atom stereocenters. The summed E-state index contributed by atoms with van der Waals surface area (Å²) in [7, 11) is 0. The van der Waals surface area contributed by atoms with Crippen molar-refractivity contribution < 1.29 is 0 Å². The molecule has 0 bridgehead atoms. The van der Waals surface area contributed by atoms with E-state index in [0.717, 1.165) is 12.1 Å². The van der Waals surface area contributed by atoms with Crippen LogP contribution in [-0.2, 0) is 6.42 Å². The van der Waals surface area contributed by atoms with E-state index in [1.54, 1.807) is 0 Å². The van der Waals surface area contributed by atoms with Gasteiger partial charge in [-0.2, -0.15) is 11.8 Å². The summed E-state index contributed by atoms with van der Waals surface area (Å²) in [6, 6.07) is 12.5. The Kier molecular flexibility index (Phi) is 6.02. The maximum absolute atomic E-state index is 3.91. The number of piperidine rings is 1. The number of hydrogen-bond acceptors (Lipinski definition) is 3. The molecule has 21 heavy (non-hydrogen) atoms. The number of rotatable bonds is 5. The first-order valence-electron chi connectivity index (χ1n) is 8.50. The molecular formula is C18H28N2S. The Morgan fingerprint density at radius 1 is 0.952 bits per heavy atom. The summed E-state index contributed by atoms with van der Waals surface area (Å²) in [6.07, 6.45) is 6.60. The van der Waals surface area contributed by atoms with Crippen molar-refractivity contribution in [3.05, 3.63) is 35.9 Å². The van der Waals surface area contributed by atoms with Crippen molar-refractivity contribution >= 4 is 11.8 Å². The summed E-state index contributed by atoms with van der Waals surface area (Å²) in [5.74, 6) is 2.71. The molecule has 116 valence electrons. The SMILES string of the molecule is c1ccc(CCN2CCC(NC3CCSCC3)CC2)cc1. The van der Waals surface area contributed by atoms with Gasteiger partial charge in [0.05, 0.1) is 0 Å². The van der Waals surface area contributed by atoms with Crippen LogP contribution in [0.25, 0.3) is 0 Å². The van der Waals surface area contributed by atoms with Crippen LogP contribution in [-0.4, -0.2) is 48.1 Å². The van der Waals surface area contributed by atoms with Gasteiger partial charge < -0.3 is 10.2 Å². The molecule has 2 nitrogen and oxygen atoms in total. The first kappa shape index (κ1) is 15.4. The molecule has 2 saturated heterocycles. The Bertz CT molecular complexity index is 395. The number of thioether (sulfide) groups is 1. The Morgan fingerprint density at radius 3 is 2.33 bits per heavy atom. The van der Waals surface area contributed by atoms with Gasteiger partial charge in [0.2, 0.25) is 0 Å². The number of nitrogens with zero attached hydrogens (tertiary/aromatic N) is 1. The van der Waals surface area contributed by atoms with E-state index in [1.165, 1.54) is 68.8 Å². The zero-order valence-electron chi connectivity index (χ0n) is 13.0. The average molecular weight is 305 g/mol. The zero-order chi connectivity index (χ0) is 14.3. The highest BCUT2D eigenvalue weighted by Gasteiger charge is 2.22. The number of benzene rings is 1. The third kappa shape index (κ3) is 5.01. The van der Waals surface area contributed by atoms with Crippen LogP contribution in [0.4, 0.5) is 0 Å². The van der Waals surface area contributed by atoms with Crippen molar-refractivity contribution in [3.63, 3.8) is 0 Å². The quantitative estimate of drug-likeness (QED) is 0.899. The van der Waals surface area contributed by atoms with Crippen LogP contribution in [0.1, 0.15) is 31.2 Å². The van der Waals surface area contributed by atoms with Gasteiger partial charge in [-0.3, -0.25) is 0 Å². The van der Waals surface area contributed by atoms with Crippen molar-refractivity contribution in [2.45, 2.75) is 44.2 Å². The van der Waals surface area contributed by atoms with E-state index in [9.17, 15) is 0 Å². The standard InChI is InChI=1S/C18H28N2S/c1-2-4-16(5-3-1)6-11-20-12-7-17(8-13-20)19-18-9-14-21-15-10-18/h1-5,17-19H,6-15H2. The van der Waals surface area contributed by atoms with Crippen LogP contribution >= 0.6 is 11.8 Å². The normalized spacial score (nSPS) is 22.5. The van der Waals surface area contributed by atoms with E-state index >= 15 is 0 Å². The third-order valence-corrected chi connectivity index (χ3v) is 5.89. The smallest absolute Gasteiger partial charge is 0.00940 e. The molecule has 2 aliphatic heterocycles. The minimum absolute atomic E-state index is 0.770. The van der Waals surface area contributed by atoms with Crippen molar-refractivity contribution in [1.29, 1.82) is 0 Å². The van der Waals surface area contributed by atoms with E-state index in [2.05, 4.69) is 52.3 Å². The van der Waals surface area contributed by atoms with Crippen molar-refractivity contribution in [1.82, 2.24) is 10.2 Å². The molecule has 2 heterocycles. The van der Waals surface area contributed by atoms with Crippen LogP contribution in [0.2, 0.25) is 0 Å². The van der Waals surface area contributed by atoms with Gasteiger partial charge in [0, 0.05) is 18.6 Å². The molecule has 3 rings (SSSR count). The topological polar surface area (TPSA) is 15.3 Å². The Labute approximate surface area is 133 Å². The molecule has 1 N–H and O–H groups in total. The predicted molar refractivity (Wildman–Crippen MR) is 93.1 cm³/mol. The molecule has 0 spiro atoms. The molecule has 2 aliphatic rings. The molecular weight excluding hydrogens is 276 g/mol. The lowest BCUT2D eigenvalue weighted by Crippen LogP contribution is -2.47. The van der Waals surface area contributed by atoms with Gasteiger partial charge in [-0.15, -0.1) is 0 Å². The molecule has 0 amide bonds. The molecule has 0 aliphatic carbocycles. The fourth-order valence-electron chi connectivity index (χ4n) is 3.45. The van der Waals surface area contributed by atoms with Gasteiger partial charge in [0.15, 0.2) is 0 Å². The monoisotopic (exact) mass is 304 g/mol. The second-order valence-electron chi connectivity index (χ2n) is 6.40. The highest BCUT2D eigenvalue weighted by molar-refractivity contribution is 7.99. The van der Waals surface area contributed by atoms with E-state index < -0.39 is 0 Å². The van der Waals surface area contributed by atoms with Crippen molar-refractivity contribution in [3.8, 4) is 0 Å². The second-order valence-corrected chi connectivity index (χ2v) is 7.63. The lowest BCUT2D eigenvalue weighted by atomic mass is 10.0. The predicted octanol–water partition coefficient (Wildman–Crippen LogP) is 3.18. The average Bonchev–Trinajstić information content (AvgIpc) is 2.56. The van der Waals surface area contributed by atoms with Gasteiger partial charge in [0.25, 0.3) is 0 Å². The summed E-state index contributed by atoms with van der Waals surface area (Å²) in [6.45, 7) is 3.76. The zero-order valence-corrected chi connectivity index (χ0v) is 13.8. The van der Waals surface area contributed by atoms with Gasteiger partial charge in [-0.1, -0.05) is 30.3 Å². The van der Waals surface area contributed by atoms with Crippen LogP contribution in [0.3, 0.4) is 0 Å². The minimum Gasteiger partial charge on any atom is -0.311 e. The van der Waals surface area contributed by atoms with Gasteiger partial charge in [-0.25, -0.2) is 0 Å². The van der Waals surface area contributed by atoms with E-state index in [1.807, 2.05) is 0 Å². The third-order valence-electron chi connectivity index (χ3n) is 4.84. The summed E-state index contributed by atoms with van der Waals surface area (Å²) in [4.78, 5) is 2.64. The van der Waals surface area contributed by atoms with Crippen LogP contribution in [0.15, 0.2) is 30.3 Å². The summed E-state index contributed by atoms with van der Waals surface area (Å²) < 4.78 is 0. The maximum atomic E-state index is 3.91. The van der Waals surface area contributed by atoms with E-state index in [4.69, 9.17) is 0 Å². The van der Waals surface area contributed by atoms with Gasteiger partial charge in [0.1, 0.15) is 0 Å². The Hall–Kier alpha value is -0.510. The number of nitrogens with one attached hydrogen (secondary N) is 1. The highest BCUT2D eigenvalue weighted by atomic mass is 32.2. The Balaban J connectivity index is 1.35. The molecule has 3 heteroatoms. The van der Waals surface area contributed by atoms with E-state index in [0.29, 0.717) is 0 Å². The summed E-state index contributed by atoms with van der Waals surface area (Å²) in [5, 5.41) is 3.91. The molecule has 0 aromatic heterocycles. The van der Waals surface area contributed by atoms with Crippen LogP contribution < -0.4 is 5.32 Å². The van der Waals surface area contributed by atoms with Gasteiger partial charge in [-0.05, 0) is 62.3 Å². The number of likely N-dealkylation sites (tertiary alicyclic amines) is 1. The summed E-state index contributed by atoms with van der Waals surface area (Å²) >= 11 is 2.12. The second kappa shape index (κ2) is 8.21. The molecule has 1 aromatic carbocycles. The van der Waals surface area contributed by atoms with E-state index in [-0.39, 0.29) is 0 Å². The molecule has 0 saturated carbocycles. The lowest BCUT2D eigenvalue weighted by molar-refractivity contribution is 0.191. The number of hydrogen-bond donors (Lipinski definition) is 1. The fraction of sp³-hybridized carbons (Fsp3) is 0.667. The van der Waals surface area contributed by atoms with Crippen molar-refractivity contribution in [2.24, 2.45) is 0 Å². The molecule has 0 unspecified atom stereocenters. The van der Waals surface area contributed by atoms with Crippen molar-refractivity contribution in [2.75, 3.05) is 31.1 Å². The molecule has 1 aromatic rings. The highest BCUT2D eigenvalue weighted by Crippen LogP contribution is 2.19.